The van der Waals surface area contributed by atoms with E-state index in [4.69, 9.17) is 21.1 Å². The molecule has 0 saturated heterocycles. The Morgan fingerprint density at radius 3 is 2.35 bits per heavy atom. The van der Waals surface area contributed by atoms with Crippen molar-refractivity contribution < 1.29 is 23.3 Å². The van der Waals surface area contributed by atoms with E-state index in [0.29, 0.717) is 56.1 Å². The van der Waals surface area contributed by atoms with Crippen LogP contribution in [-0.2, 0) is 23.8 Å². The summed E-state index contributed by atoms with van der Waals surface area (Å²) in [4.78, 5) is 29.4. The third kappa shape index (κ3) is 5.59. The van der Waals surface area contributed by atoms with Crippen molar-refractivity contribution in [3.8, 4) is 11.5 Å². The fraction of sp³-hybridized carbons (Fsp3) is 0.161. The van der Waals surface area contributed by atoms with Crippen molar-refractivity contribution in [3.63, 3.8) is 0 Å². The highest BCUT2D eigenvalue weighted by Crippen LogP contribution is 2.36. The van der Waals surface area contributed by atoms with E-state index in [1.165, 1.54) is 0 Å². The number of nitrogens with one attached hydrogen (secondary N) is 1. The zero-order valence-electron chi connectivity index (χ0n) is 22.0. The zero-order chi connectivity index (χ0) is 28.2. The molecular weight excluding hydrogens is 548 g/mol. The van der Waals surface area contributed by atoms with E-state index in [1.807, 2.05) is 30.3 Å². The number of anilines is 1. The van der Waals surface area contributed by atoms with Crippen LogP contribution in [0.3, 0.4) is 0 Å². The molecule has 40 heavy (non-hydrogen) atoms. The molecule has 1 heterocycles. The second-order valence-corrected chi connectivity index (χ2v) is 11.0. The first-order valence-electron chi connectivity index (χ1n) is 12.6. The quantitative estimate of drug-likeness (QED) is 0.294. The summed E-state index contributed by atoms with van der Waals surface area (Å²) in [5.74, 6) is 0.674. The number of benzene rings is 4. The summed E-state index contributed by atoms with van der Waals surface area (Å²) < 4.78 is 24.3. The van der Waals surface area contributed by atoms with Crippen molar-refractivity contribution in [2.75, 3.05) is 25.7 Å². The Hall–Kier alpha value is -4.14. The number of nitrogens with zero attached hydrogens (tertiary/aromatic N) is 1. The molecule has 1 N–H and O–H groups in total. The molecule has 5 rings (SSSR count). The van der Waals surface area contributed by atoms with E-state index in [9.17, 15) is 13.8 Å². The highest BCUT2D eigenvalue weighted by atomic mass is 35.5. The second-order valence-electron chi connectivity index (χ2n) is 9.16. The van der Waals surface area contributed by atoms with Gasteiger partial charge in [-0.2, -0.15) is 0 Å². The van der Waals surface area contributed by atoms with Crippen LogP contribution < -0.4 is 19.7 Å². The Kier molecular flexibility index (Phi) is 8.19. The zero-order valence-corrected chi connectivity index (χ0v) is 23.6. The first kappa shape index (κ1) is 27.4. The number of amides is 2. The van der Waals surface area contributed by atoms with Crippen LogP contribution in [0.2, 0.25) is 5.02 Å². The molecule has 7 nitrogen and oxygen atoms in total. The molecule has 4 aromatic carbocycles. The Labute approximate surface area is 240 Å². The van der Waals surface area contributed by atoms with Gasteiger partial charge in [0.05, 0.1) is 52.6 Å². The molecule has 0 unspecified atom stereocenters. The summed E-state index contributed by atoms with van der Waals surface area (Å²) in [6, 6.07) is 24.7. The summed E-state index contributed by atoms with van der Waals surface area (Å²) in [6.45, 7) is 0.606. The normalized spacial score (nSPS) is 14.1. The fourth-order valence-electron chi connectivity index (χ4n) is 4.59. The van der Waals surface area contributed by atoms with Crippen LogP contribution in [0.4, 0.5) is 5.69 Å². The summed E-state index contributed by atoms with van der Waals surface area (Å²) in [5.41, 5.74) is 2.99. The lowest BCUT2D eigenvalue weighted by atomic mass is 10.1. The van der Waals surface area contributed by atoms with Crippen molar-refractivity contribution in [2.24, 2.45) is 0 Å². The first-order chi connectivity index (χ1) is 19.4. The van der Waals surface area contributed by atoms with Crippen molar-refractivity contribution in [2.45, 2.75) is 22.8 Å². The van der Waals surface area contributed by atoms with Crippen molar-refractivity contribution >= 4 is 39.9 Å². The molecule has 0 aliphatic carbocycles. The van der Waals surface area contributed by atoms with Crippen LogP contribution in [0.25, 0.3) is 0 Å². The maximum Gasteiger partial charge on any atom is 0.259 e. The van der Waals surface area contributed by atoms with Crippen LogP contribution in [0.5, 0.6) is 11.5 Å². The number of carbonyl (C=O) groups is 2. The van der Waals surface area contributed by atoms with Crippen LogP contribution in [0.15, 0.2) is 94.7 Å². The average Bonchev–Trinajstić information content (AvgIpc) is 3.07. The van der Waals surface area contributed by atoms with Gasteiger partial charge in [-0.05, 0) is 72.1 Å². The Morgan fingerprint density at radius 1 is 0.875 bits per heavy atom. The molecule has 0 saturated carbocycles. The SMILES string of the molecule is COc1ccc(CCNC(=O)c2ccc3c(c2)N(Cc2ccc(Cl)cc2)C(=O)c2ccccc2[S@@]3=O)cc1OC. The average molecular weight is 575 g/mol. The third-order valence-corrected chi connectivity index (χ3v) is 8.43. The van der Waals surface area contributed by atoms with Crippen LogP contribution >= 0.6 is 11.6 Å². The lowest BCUT2D eigenvalue weighted by Crippen LogP contribution is -2.31. The number of carbonyl (C=O) groups excluding carboxylic acids is 2. The van der Waals surface area contributed by atoms with Gasteiger partial charge < -0.3 is 19.7 Å². The van der Waals surface area contributed by atoms with E-state index >= 15 is 0 Å². The van der Waals surface area contributed by atoms with E-state index < -0.39 is 10.8 Å². The molecule has 2 amide bonds. The Morgan fingerprint density at radius 2 is 1.60 bits per heavy atom. The third-order valence-electron chi connectivity index (χ3n) is 6.68. The molecule has 204 valence electrons. The van der Waals surface area contributed by atoms with E-state index in [1.54, 1.807) is 73.7 Å². The summed E-state index contributed by atoms with van der Waals surface area (Å²) in [6.07, 6.45) is 0.581. The smallest absolute Gasteiger partial charge is 0.259 e. The number of hydrogen-bond acceptors (Lipinski definition) is 5. The summed E-state index contributed by atoms with van der Waals surface area (Å²) >= 11 is 6.06. The molecule has 0 bridgehead atoms. The minimum Gasteiger partial charge on any atom is -0.493 e. The molecule has 0 spiro atoms. The van der Waals surface area contributed by atoms with Gasteiger partial charge in [0, 0.05) is 17.1 Å². The minimum atomic E-state index is -1.61. The molecule has 0 aromatic heterocycles. The molecule has 4 aromatic rings. The van der Waals surface area contributed by atoms with E-state index in [-0.39, 0.29) is 18.4 Å². The molecule has 0 radical (unpaired) electrons. The van der Waals surface area contributed by atoms with Crippen molar-refractivity contribution in [1.29, 1.82) is 0 Å². The monoisotopic (exact) mass is 574 g/mol. The second kappa shape index (κ2) is 11.9. The van der Waals surface area contributed by atoms with Crippen molar-refractivity contribution in [3.05, 3.63) is 112 Å². The van der Waals surface area contributed by atoms with Gasteiger partial charge in [-0.3, -0.25) is 9.59 Å². The number of rotatable bonds is 8. The number of fused-ring (bicyclic) bond motifs is 2. The maximum atomic E-state index is 13.8. The number of methoxy groups -OCH3 is 2. The van der Waals surface area contributed by atoms with Crippen LogP contribution in [0, 0.1) is 0 Å². The molecule has 1 aliphatic rings. The van der Waals surface area contributed by atoms with Gasteiger partial charge in [0.2, 0.25) is 0 Å². The van der Waals surface area contributed by atoms with Gasteiger partial charge in [-0.1, -0.05) is 41.9 Å². The molecule has 9 heteroatoms. The van der Waals surface area contributed by atoms with Crippen LogP contribution in [-0.4, -0.2) is 36.8 Å². The molecule has 1 atom stereocenters. The largest absolute Gasteiger partial charge is 0.493 e. The van der Waals surface area contributed by atoms with Crippen molar-refractivity contribution in [1.82, 2.24) is 5.32 Å². The summed E-state index contributed by atoms with van der Waals surface area (Å²) in [5, 5.41) is 3.53. The highest BCUT2D eigenvalue weighted by molar-refractivity contribution is 7.85. The van der Waals surface area contributed by atoms with E-state index in [2.05, 4.69) is 5.32 Å². The number of halogens is 1. The lowest BCUT2D eigenvalue weighted by Gasteiger charge is -2.23. The molecule has 1 aliphatic heterocycles. The Bertz CT molecular complexity index is 1610. The Balaban J connectivity index is 1.42. The molecule has 0 fully saturated rings. The predicted molar refractivity (Wildman–Crippen MR) is 155 cm³/mol. The van der Waals surface area contributed by atoms with E-state index in [0.717, 1.165) is 11.1 Å². The predicted octanol–water partition coefficient (Wildman–Crippen LogP) is 5.66. The molecular formula is C31H27ClN2O5S. The van der Waals surface area contributed by atoms with Gasteiger partial charge in [0.25, 0.3) is 11.8 Å². The minimum absolute atomic E-state index is 0.221. The van der Waals surface area contributed by atoms with Gasteiger partial charge in [-0.25, -0.2) is 4.21 Å². The summed E-state index contributed by atoms with van der Waals surface area (Å²) in [7, 11) is 1.55. The standard InChI is InChI=1S/C31H27ClN2O5S/c1-38-26-13-9-20(17-27(26)39-2)15-16-33-30(35)22-10-14-29-25(18-22)34(19-21-7-11-23(32)12-8-21)31(36)24-5-3-4-6-28(24)40(29)37/h3-14,17-18H,15-16,19H2,1-2H3,(H,33,35)/t40-/m0/s1. The highest BCUT2D eigenvalue weighted by Gasteiger charge is 2.31. The first-order valence-corrected chi connectivity index (χ1v) is 14.1. The number of ether oxygens (including phenoxy) is 2. The number of hydrogen-bond donors (Lipinski definition) is 1. The lowest BCUT2D eigenvalue weighted by molar-refractivity contribution is 0.0950. The van der Waals surface area contributed by atoms with Gasteiger partial charge in [0.1, 0.15) is 0 Å². The maximum absolute atomic E-state index is 13.8. The fourth-order valence-corrected chi connectivity index (χ4v) is 6.06. The topological polar surface area (TPSA) is 84.9 Å². The van der Waals surface area contributed by atoms with Crippen LogP contribution in [0.1, 0.15) is 31.8 Å². The van der Waals surface area contributed by atoms with Gasteiger partial charge in [-0.15, -0.1) is 0 Å². The van der Waals surface area contributed by atoms with Gasteiger partial charge >= 0.3 is 0 Å². The van der Waals surface area contributed by atoms with Gasteiger partial charge in [0.15, 0.2) is 11.5 Å².